The van der Waals surface area contributed by atoms with Gasteiger partial charge in [0.05, 0.1) is 0 Å². The van der Waals surface area contributed by atoms with E-state index in [0.717, 1.165) is 47.6 Å². The van der Waals surface area contributed by atoms with Gasteiger partial charge in [-0.05, 0) is 90.2 Å². The number of ether oxygens (including phenoxy) is 1. The van der Waals surface area contributed by atoms with E-state index in [1.807, 2.05) is 136 Å². The van der Waals surface area contributed by atoms with Gasteiger partial charge in [0, 0.05) is 53.0 Å². The Labute approximate surface area is 305 Å². The number of hydrogen-bond donors (Lipinski definition) is 4. The molecule has 0 fully saturated rings. The molecule has 0 spiro atoms. The van der Waals surface area contributed by atoms with Crippen LogP contribution in [-0.4, -0.2) is 61.5 Å². The van der Waals surface area contributed by atoms with Gasteiger partial charge in [0.25, 0.3) is 5.91 Å². The first-order valence-electron chi connectivity index (χ1n) is 17.0. The number of alkyl carbamates (subject to hydrolysis) is 1. The van der Waals surface area contributed by atoms with E-state index in [9.17, 15) is 9.59 Å². The molecule has 0 bridgehead atoms. The van der Waals surface area contributed by atoms with Crippen LogP contribution < -0.4 is 21.3 Å². The molecule has 2 amide bonds. The summed E-state index contributed by atoms with van der Waals surface area (Å²) in [6.07, 6.45) is 8.05. The highest BCUT2D eigenvalue weighted by atomic mass is 35.5. The van der Waals surface area contributed by atoms with E-state index in [1.54, 1.807) is 17.8 Å². The Balaban J connectivity index is 0.00000208. The van der Waals surface area contributed by atoms with Crippen molar-refractivity contribution >= 4 is 58.6 Å². The Hall–Kier alpha value is -3.53. The van der Waals surface area contributed by atoms with Crippen molar-refractivity contribution in [1.82, 2.24) is 10.6 Å². The monoisotopic (exact) mass is 714 g/mol. The van der Waals surface area contributed by atoms with Gasteiger partial charge in [-0.2, -0.15) is 11.8 Å². The van der Waals surface area contributed by atoms with Crippen LogP contribution in [0.1, 0.15) is 84.0 Å². The molecule has 272 valence electrons. The number of aryl methyl sites for hydroxylation is 1. The summed E-state index contributed by atoms with van der Waals surface area (Å²) < 4.78 is 7.58. The summed E-state index contributed by atoms with van der Waals surface area (Å²) in [5, 5.41) is 12.4. The molecule has 0 aromatic heterocycles. The molecule has 1 aliphatic rings. The molecule has 3 aromatic rings. The van der Waals surface area contributed by atoms with E-state index >= 15 is 0 Å². The predicted molar refractivity (Wildman–Crippen MR) is 214 cm³/mol. The topological polar surface area (TPSA) is 94.5 Å². The summed E-state index contributed by atoms with van der Waals surface area (Å²) in [5.41, 5.74) is 4.63. The summed E-state index contributed by atoms with van der Waals surface area (Å²) in [5.74, 6) is -0.236. The Kier molecular flexibility index (Phi) is 23.6. The van der Waals surface area contributed by atoms with Gasteiger partial charge >= 0.3 is 6.09 Å². The number of benzene rings is 3. The lowest BCUT2D eigenvalue weighted by atomic mass is 10.0. The second kappa shape index (κ2) is 25.4. The van der Waals surface area contributed by atoms with Gasteiger partial charge in [0.2, 0.25) is 5.69 Å². The van der Waals surface area contributed by atoms with Crippen LogP contribution in [0, 0.1) is 6.92 Å². The number of nitrogens with one attached hydrogen (secondary N) is 4. The standard InChI is InChI=1S/C31H35ClN4O3.C2H7N.C2H6S.2C2H6/c1-21-18-24(14-15-27(21)36-16-7-8-17-36)35-29(37)28(25-12-5-6-13-26(25)32)34-23-11-9-10-22(19-23)20-33-30(38)39-31(2,3)4;2*1-3-2;2*1-2/h5-6,9-16,18-19,28,34H,7-8,17,20H2,1-4H3,(H-,33,35,37,38);3H,1-2H3;1-2H3;2*1-2H3/p+1. The summed E-state index contributed by atoms with van der Waals surface area (Å²) >= 11 is 8.28. The van der Waals surface area contributed by atoms with Crippen molar-refractivity contribution in [3.63, 3.8) is 0 Å². The second-order valence-corrected chi connectivity index (χ2v) is 12.8. The van der Waals surface area contributed by atoms with Crippen molar-refractivity contribution < 1.29 is 18.9 Å². The zero-order chi connectivity index (χ0) is 37.4. The molecule has 0 radical (unpaired) electrons. The largest absolute Gasteiger partial charge is 0.444 e. The van der Waals surface area contributed by atoms with E-state index in [4.69, 9.17) is 16.3 Å². The molecule has 4 N–H and O–H groups in total. The molecule has 0 aliphatic carbocycles. The molecular weight excluding hydrogens is 654 g/mol. The van der Waals surface area contributed by atoms with Gasteiger partial charge < -0.3 is 26.0 Å². The fourth-order valence-electron chi connectivity index (χ4n) is 4.51. The van der Waals surface area contributed by atoms with Crippen molar-refractivity contribution in [3.05, 3.63) is 88.4 Å². The van der Waals surface area contributed by atoms with Crippen LogP contribution >= 0.6 is 23.4 Å². The van der Waals surface area contributed by atoms with Crippen molar-refractivity contribution in [2.75, 3.05) is 43.8 Å². The van der Waals surface area contributed by atoms with E-state index in [2.05, 4.69) is 39.0 Å². The molecule has 4 rings (SSSR count). The normalized spacial score (nSPS) is 12.0. The van der Waals surface area contributed by atoms with Gasteiger partial charge in [-0.15, -0.1) is 0 Å². The van der Waals surface area contributed by atoms with Crippen LogP contribution in [0.25, 0.3) is 0 Å². The SMILES string of the molecule is CC.CC.CNC.CSC.Cc1cc(NC(=O)C(Nc2cccc(CNC(=O)OC(C)(C)C)c2)c2ccccc2Cl)ccc1[N+]1=CCCC1. The lowest BCUT2D eigenvalue weighted by Gasteiger charge is -2.22. The Morgan fingerprint density at radius 1 is 0.939 bits per heavy atom. The number of amides is 2. The molecule has 1 unspecified atom stereocenters. The average molecular weight is 715 g/mol. The molecule has 10 heteroatoms. The quantitative estimate of drug-likeness (QED) is 0.174. The van der Waals surface area contributed by atoms with Crippen LogP contribution in [0.2, 0.25) is 5.02 Å². The molecule has 1 aliphatic heterocycles. The van der Waals surface area contributed by atoms with Crippen molar-refractivity contribution in [1.29, 1.82) is 0 Å². The average Bonchev–Trinajstić information content (AvgIpc) is 3.60. The number of nitrogens with zero attached hydrogens (tertiary/aromatic N) is 1. The third kappa shape index (κ3) is 17.6. The van der Waals surface area contributed by atoms with Gasteiger partial charge in [0.1, 0.15) is 24.4 Å². The van der Waals surface area contributed by atoms with Gasteiger partial charge in [-0.3, -0.25) is 4.79 Å². The summed E-state index contributed by atoms with van der Waals surface area (Å²) in [4.78, 5) is 25.7. The lowest BCUT2D eigenvalue weighted by molar-refractivity contribution is -0.427. The third-order valence-electron chi connectivity index (χ3n) is 6.28. The number of rotatable bonds is 8. The molecule has 0 saturated carbocycles. The van der Waals surface area contributed by atoms with Gasteiger partial charge in [-0.25, -0.2) is 9.37 Å². The van der Waals surface area contributed by atoms with Crippen LogP contribution in [-0.2, 0) is 16.1 Å². The third-order valence-corrected chi connectivity index (χ3v) is 6.62. The maximum absolute atomic E-state index is 13.6. The first-order valence-corrected chi connectivity index (χ1v) is 19.0. The second-order valence-electron chi connectivity index (χ2n) is 11.6. The number of carbonyl (C=O) groups excluding carboxylic acids is 2. The molecule has 8 nitrogen and oxygen atoms in total. The molecular formula is C39H61ClN5O3S+. The predicted octanol–water partition coefficient (Wildman–Crippen LogP) is 9.84. The van der Waals surface area contributed by atoms with Crippen molar-refractivity contribution in [3.8, 4) is 0 Å². The Bertz CT molecular complexity index is 1420. The number of hydrogen-bond acceptors (Lipinski definition) is 6. The van der Waals surface area contributed by atoms with E-state index < -0.39 is 17.7 Å². The fourth-order valence-corrected chi connectivity index (χ4v) is 4.75. The highest BCUT2D eigenvalue weighted by molar-refractivity contribution is 7.97. The Morgan fingerprint density at radius 2 is 1.57 bits per heavy atom. The minimum Gasteiger partial charge on any atom is -0.444 e. The van der Waals surface area contributed by atoms with Crippen molar-refractivity contribution in [2.24, 2.45) is 0 Å². The summed E-state index contributed by atoms with van der Waals surface area (Å²) in [7, 11) is 3.75. The maximum Gasteiger partial charge on any atom is 0.407 e. The van der Waals surface area contributed by atoms with E-state index in [1.165, 1.54) is 0 Å². The number of thioether (sulfide) groups is 1. The molecule has 3 aromatic carbocycles. The highest BCUT2D eigenvalue weighted by Gasteiger charge is 2.24. The van der Waals surface area contributed by atoms with E-state index in [-0.39, 0.29) is 12.5 Å². The molecule has 0 saturated heterocycles. The van der Waals surface area contributed by atoms with Crippen LogP contribution in [0.5, 0.6) is 0 Å². The molecule has 1 atom stereocenters. The summed E-state index contributed by atoms with van der Waals surface area (Å²) in [6.45, 7) is 16.8. The van der Waals surface area contributed by atoms with E-state index in [0.29, 0.717) is 10.6 Å². The van der Waals surface area contributed by atoms with Crippen LogP contribution in [0.3, 0.4) is 0 Å². The van der Waals surface area contributed by atoms with Gasteiger partial charge in [-0.1, -0.05) is 69.6 Å². The van der Waals surface area contributed by atoms with Crippen molar-refractivity contribution in [2.45, 2.75) is 86.4 Å². The highest BCUT2D eigenvalue weighted by Crippen LogP contribution is 2.29. The first-order chi connectivity index (χ1) is 23.4. The smallest absolute Gasteiger partial charge is 0.407 e. The van der Waals surface area contributed by atoms with Gasteiger partial charge in [0.15, 0.2) is 0 Å². The van der Waals surface area contributed by atoms with Crippen LogP contribution in [0.4, 0.5) is 21.9 Å². The van der Waals surface area contributed by atoms with Crippen LogP contribution in [0.15, 0.2) is 66.7 Å². The summed E-state index contributed by atoms with van der Waals surface area (Å²) in [6, 6.07) is 20.0. The Morgan fingerprint density at radius 3 is 2.12 bits per heavy atom. The molecule has 49 heavy (non-hydrogen) atoms. The number of anilines is 2. The minimum absolute atomic E-state index is 0.236. The zero-order valence-corrected chi connectivity index (χ0v) is 33.4. The number of halogens is 1. The fraction of sp³-hybridized carbons (Fsp3) is 0.462. The minimum atomic E-state index is -0.750. The maximum atomic E-state index is 13.6. The number of carbonyl (C=O) groups is 2. The molecule has 1 heterocycles. The first kappa shape index (κ1) is 45.5. The lowest BCUT2D eigenvalue weighted by Crippen LogP contribution is -2.32. The zero-order valence-electron chi connectivity index (χ0n) is 31.8.